The van der Waals surface area contributed by atoms with E-state index in [9.17, 15) is 14.9 Å². The summed E-state index contributed by atoms with van der Waals surface area (Å²) in [5, 5.41) is 11.4. The maximum atomic E-state index is 12.7. The zero-order chi connectivity index (χ0) is 19.2. The van der Waals surface area contributed by atoms with Gasteiger partial charge in [-0.25, -0.2) is 0 Å². The molecule has 8 heteroatoms. The van der Waals surface area contributed by atoms with Crippen LogP contribution >= 0.6 is 11.6 Å². The third-order valence-corrected chi connectivity index (χ3v) is 4.70. The molecule has 0 aromatic heterocycles. The number of piperazine rings is 1. The largest absolute Gasteiger partial charge is 0.492 e. The Kier molecular flexibility index (Phi) is 6.26. The second-order valence-electron chi connectivity index (χ2n) is 6.21. The van der Waals surface area contributed by atoms with E-state index >= 15 is 0 Å². The Morgan fingerprint density at radius 2 is 1.81 bits per heavy atom. The SMILES string of the molecule is O=C(c1ccc(Cl)cc1[N+](=O)[O-])N1CCN(CCOc2ccccc2)CC1. The van der Waals surface area contributed by atoms with Gasteiger partial charge in [-0.15, -0.1) is 0 Å². The average molecular weight is 390 g/mol. The van der Waals surface area contributed by atoms with Crippen LogP contribution in [-0.2, 0) is 0 Å². The van der Waals surface area contributed by atoms with Crippen molar-refractivity contribution in [1.82, 2.24) is 9.80 Å². The maximum Gasteiger partial charge on any atom is 0.283 e. The van der Waals surface area contributed by atoms with E-state index in [0.717, 1.165) is 12.3 Å². The van der Waals surface area contributed by atoms with Crippen LogP contribution in [0.5, 0.6) is 5.75 Å². The first-order chi connectivity index (χ1) is 13.0. The van der Waals surface area contributed by atoms with Crippen LogP contribution in [0, 0.1) is 10.1 Å². The molecule has 3 rings (SSSR count). The molecule has 0 saturated carbocycles. The van der Waals surface area contributed by atoms with Crippen LogP contribution in [0.2, 0.25) is 5.02 Å². The predicted octanol–water partition coefficient (Wildman–Crippen LogP) is 3.09. The van der Waals surface area contributed by atoms with Crippen molar-refractivity contribution < 1.29 is 14.5 Å². The number of nitro benzene ring substituents is 1. The molecule has 2 aromatic rings. The third-order valence-electron chi connectivity index (χ3n) is 4.47. The third kappa shape index (κ3) is 4.96. The molecule has 0 radical (unpaired) electrons. The fourth-order valence-corrected chi connectivity index (χ4v) is 3.16. The fraction of sp³-hybridized carbons (Fsp3) is 0.316. The normalized spacial score (nSPS) is 14.8. The van der Waals surface area contributed by atoms with E-state index in [-0.39, 0.29) is 22.2 Å². The lowest BCUT2D eigenvalue weighted by Gasteiger charge is -2.34. The first-order valence-electron chi connectivity index (χ1n) is 8.68. The second-order valence-corrected chi connectivity index (χ2v) is 6.65. The maximum absolute atomic E-state index is 12.7. The van der Waals surface area contributed by atoms with Gasteiger partial charge in [-0.2, -0.15) is 0 Å². The van der Waals surface area contributed by atoms with Crippen LogP contribution < -0.4 is 4.74 Å². The Hall–Kier alpha value is -2.64. The Balaban J connectivity index is 1.52. The summed E-state index contributed by atoms with van der Waals surface area (Å²) in [5.74, 6) is 0.500. The van der Waals surface area contributed by atoms with Crippen LogP contribution in [0.3, 0.4) is 0 Å². The zero-order valence-corrected chi connectivity index (χ0v) is 15.5. The number of hydrogen-bond donors (Lipinski definition) is 0. The monoisotopic (exact) mass is 389 g/mol. The molecule has 1 saturated heterocycles. The van der Waals surface area contributed by atoms with Crippen molar-refractivity contribution in [2.75, 3.05) is 39.3 Å². The summed E-state index contributed by atoms with van der Waals surface area (Å²) in [6.07, 6.45) is 0. The van der Waals surface area contributed by atoms with Gasteiger partial charge in [0.2, 0.25) is 0 Å². The first kappa shape index (κ1) is 19.1. The molecule has 1 heterocycles. The number of benzene rings is 2. The van der Waals surface area contributed by atoms with Crippen molar-refractivity contribution >= 4 is 23.2 Å². The molecule has 142 valence electrons. The van der Waals surface area contributed by atoms with Crippen molar-refractivity contribution in [3.05, 3.63) is 69.2 Å². The standard InChI is InChI=1S/C19H20ClN3O4/c20-15-6-7-17(18(14-15)23(25)26)19(24)22-10-8-21(9-11-22)12-13-27-16-4-2-1-3-5-16/h1-7,14H,8-13H2. The smallest absolute Gasteiger partial charge is 0.283 e. The molecule has 1 fully saturated rings. The summed E-state index contributed by atoms with van der Waals surface area (Å²) in [6.45, 7) is 3.77. The number of halogens is 1. The van der Waals surface area contributed by atoms with Gasteiger partial charge in [0, 0.05) is 43.8 Å². The van der Waals surface area contributed by atoms with Gasteiger partial charge in [0.25, 0.3) is 11.6 Å². The Bertz CT molecular complexity index is 808. The Morgan fingerprint density at radius 3 is 2.48 bits per heavy atom. The van der Waals surface area contributed by atoms with Gasteiger partial charge in [-0.3, -0.25) is 19.8 Å². The molecule has 0 N–H and O–H groups in total. The number of rotatable bonds is 6. The van der Waals surface area contributed by atoms with Crippen LogP contribution in [-0.4, -0.2) is 60.0 Å². The van der Waals surface area contributed by atoms with E-state index in [1.54, 1.807) is 4.90 Å². The van der Waals surface area contributed by atoms with Gasteiger partial charge < -0.3 is 9.64 Å². The molecule has 0 unspecified atom stereocenters. The first-order valence-corrected chi connectivity index (χ1v) is 9.06. The van der Waals surface area contributed by atoms with E-state index in [4.69, 9.17) is 16.3 Å². The highest BCUT2D eigenvalue weighted by atomic mass is 35.5. The van der Waals surface area contributed by atoms with E-state index in [1.165, 1.54) is 18.2 Å². The number of nitro groups is 1. The quantitative estimate of drug-likeness (QED) is 0.560. The summed E-state index contributed by atoms with van der Waals surface area (Å²) >= 11 is 5.82. The molecule has 1 aliphatic heterocycles. The zero-order valence-electron chi connectivity index (χ0n) is 14.7. The summed E-state index contributed by atoms with van der Waals surface area (Å²) in [4.78, 5) is 27.2. The molecule has 27 heavy (non-hydrogen) atoms. The minimum Gasteiger partial charge on any atom is -0.492 e. The molecule has 0 bridgehead atoms. The van der Waals surface area contributed by atoms with Gasteiger partial charge in [0.15, 0.2) is 0 Å². The lowest BCUT2D eigenvalue weighted by atomic mass is 10.1. The predicted molar refractivity (Wildman–Crippen MR) is 102 cm³/mol. The topological polar surface area (TPSA) is 75.9 Å². The molecule has 1 amide bonds. The van der Waals surface area contributed by atoms with Crippen LogP contribution in [0.4, 0.5) is 5.69 Å². The summed E-state index contributed by atoms with van der Waals surface area (Å²) < 4.78 is 5.70. The highest BCUT2D eigenvalue weighted by Gasteiger charge is 2.27. The van der Waals surface area contributed by atoms with Gasteiger partial charge in [0.1, 0.15) is 17.9 Å². The van der Waals surface area contributed by atoms with Crippen LogP contribution in [0.25, 0.3) is 0 Å². The van der Waals surface area contributed by atoms with E-state index in [1.807, 2.05) is 30.3 Å². The number of carbonyl (C=O) groups is 1. The summed E-state index contributed by atoms with van der Waals surface area (Å²) in [6, 6.07) is 13.7. The molecule has 1 aliphatic rings. The fourth-order valence-electron chi connectivity index (χ4n) is 2.99. The minimum absolute atomic E-state index is 0.0743. The van der Waals surface area contributed by atoms with Gasteiger partial charge in [0.05, 0.1) is 4.92 Å². The Labute approximate surface area is 162 Å². The number of nitrogens with zero attached hydrogens (tertiary/aromatic N) is 3. The highest BCUT2D eigenvalue weighted by molar-refractivity contribution is 6.31. The van der Waals surface area contributed by atoms with Crippen molar-refractivity contribution in [3.8, 4) is 5.75 Å². The van der Waals surface area contributed by atoms with Crippen LogP contribution in [0.1, 0.15) is 10.4 Å². The number of carbonyl (C=O) groups excluding carboxylic acids is 1. The average Bonchev–Trinajstić information content (AvgIpc) is 2.69. The van der Waals surface area contributed by atoms with Crippen LogP contribution in [0.15, 0.2) is 48.5 Å². The lowest BCUT2D eigenvalue weighted by molar-refractivity contribution is -0.385. The number of para-hydroxylation sites is 1. The van der Waals surface area contributed by atoms with E-state index < -0.39 is 4.92 Å². The Morgan fingerprint density at radius 1 is 1.11 bits per heavy atom. The van der Waals surface area contributed by atoms with Gasteiger partial charge >= 0.3 is 0 Å². The summed E-state index contributed by atoms with van der Waals surface area (Å²) in [7, 11) is 0. The summed E-state index contributed by atoms with van der Waals surface area (Å²) in [5.41, 5.74) is -0.184. The molecule has 0 aliphatic carbocycles. The van der Waals surface area contributed by atoms with Crippen molar-refractivity contribution in [2.45, 2.75) is 0 Å². The highest BCUT2D eigenvalue weighted by Crippen LogP contribution is 2.25. The van der Waals surface area contributed by atoms with Crippen molar-refractivity contribution in [3.63, 3.8) is 0 Å². The van der Waals surface area contributed by atoms with E-state index in [2.05, 4.69) is 4.90 Å². The molecule has 0 atom stereocenters. The number of amides is 1. The number of ether oxygens (including phenoxy) is 1. The molecular formula is C19H20ClN3O4. The van der Waals surface area contributed by atoms with Crippen molar-refractivity contribution in [1.29, 1.82) is 0 Å². The molecular weight excluding hydrogens is 370 g/mol. The molecule has 2 aromatic carbocycles. The number of hydrogen-bond acceptors (Lipinski definition) is 5. The van der Waals surface area contributed by atoms with Gasteiger partial charge in [-0.05, 0) is 24.3 Å². The second kappa shape index (κ2) is 8.83. The van der Waals surface area contributed by atoms with Gasteiger partial charge in [-0.1, -0.05) is 29.8 Å². The van der Waals surface area contributed by atoms with Crippen molar-refractivity contribution in [2.24, 2.45) is 0 Å². The molecule has 7 nitrogen and oxygen atoms in total. The lowest BCUT2D eigenvalue weighted by Crippen LogP contribution is -2.49. The molecule has 0 spiro atoms. The van der Waals surface area contributed by atoms with E-state index in [0.29, 0.717) is 32.8 Å². The minimum atomic E-state index is -0.573.